The van der Waals surface area contributed by atoms with Gasteiger partial charge >= 0.3 is 0 Å². The minimum Gasteiger partial charge on any atom is -0.474 e. The van der Waals surface area contributed by atoms with E-state index in [0.29, 0.717) is 11.8 Å². The molecule has 0 spiro atoms. The average molecular weight is 256 g/mol. The molecule has 1 fully saturated rings. The van der Waals surface area contributed by atoms with E-state index in [1.165, 1.54) is 12.8 Å². The molecule has 1 unspecified atom stereocenters. The third-order valence-corrected chi connectivity index (χ3v) is 3.09. The molecule has 0 aromatic carbocycles. The topological polar surface area (TPSA) is 47.0 Å². The van der Waals surface area contributed by atoms with E-state index in [1.807, 2.05) is 13.8 Å². The first-order chi connectivity index (χ1) is 8.15. The zero-order chi connectivity index (χ0) is 12.3. The van der Waals surface area contributed by atoms with Crippen LogP contribution in [-0.4, -0.2) is 28.0 Å². The summed E-state index contributed by atoms with van der Waals surface area (Å²) in [4.78, 5) is 8.39. The van der Waals surface area contributed by atoms with E-state index in [4.69, 9.17) is 16.3 Å². The highest BCUT2D eigenvalue weighted by Crippen LogP contribution is 2.35. The molecule has 17 heavy (non-hydrogen) atoms. The summed E-state index contributed by atoms with van der Waals surface area (Å²) in [5.74, 6) is 1.93. The molecule has 1 atom stereocenters. The summed E-state index contributed by atoms with van der Waals surface area (Å²) in [6.45, 7) is 4.65. The molecule has 1 heterocycles. The van der Waals surface area contributed by atoms with Gasteiger partial charge in [0.25, 0.3) is 0 Å². The maximum Gasteiger partial charge on any atom is 0.234 e. The van der Waals surface area contributed by atoms with Crippen LogP contribution >= 0.6 is 11.6 Å². The number of ether oxygens (including phenoxy) is 1. The minimum atomic E-state index is 0.104. The smallest absolute Gasteiger partial charge is 0.234 e. The second-order valence-corrected chi connectivity index (χ2v) is 5.20. The lowest BCUT2D eigenvalue weighted by atomic mass is 10.3. The molecule has 5 heteroatoms. The predicted octanol–water partition coefficient (Wildman–Crippen LogP) is 2.69. The molecule has 1 aliphatic rings. The van der Waals surface area contributed by atoms with Gasteiger partial charge in [0, 0.05) is 6.54 Å². The quantitative estimate of drug-likeness (QED) is 0.794. The van der Waals surface area contributed by atoms with Crippen molar-refractivity contribution in [3.8, 4) is 5.88 Å². The number of anilines is 1. The van der Waals surface area contributed by atoms with Crippen LogP contribution < -0.4 is 10.1 Å². The van der Waals surface area contributed by atoms with Crippen LogP contribution in [0.1, 0.15) is 26.7 Å². The van der Waals surface area contributed by atoms with E-state index in [1.54, 1.807) is 12.4 Å². The SMILES string of the molecule is CC(C)Oc1cncc(NCC(Cl)C2CC2)n1. The molecule has 1 N–H and O–H groups in total. The van der Waals surface area contributed by atoms with Gasteiger partial charge in [-0.1, -0.05) is 0 Å². The van der Waals surface area contributed by atoms with Crippen LogP contribution in [0.4, 0.5) is 5.82 Å². The van der Waals surface area contributed by atoms with Crippen molar-refractivity contribution in [3.63, 3.8) is 0 Å². The van der Waals surface area contributed by atoms with Crippen molar-refractivity contribution in [2.24, 2.45) is 5.92 Å². The summed E-state index contributed by atoms with van der Waals surface area (Å²) in [5.41, 5.74) is 0. The number of hydrogen-bond donors (Lipinski definition) is 1. The zero-order valence-electron chi connectivity index (χ0n) is 10.2. The van der Waals surface area contributed by atoms with E-state index in [9.17, 15) is 0 Å². The van der Waals surface area contributed by atoms with E-state index >= 15 is 0 Å². The lowest BCUT2D eigenvalue weighted by Gasteiger charge is -2.12. The Kier molecular flexibility index (Phi) is 4.05. The third kappa shape index (κ3) is 4.04. The summed E-state index contributed by atoms with van der Waals surface area (Å²) < 4.78 is 5.47. The molecule has 0 aliphatic heterocycles. The van der Waals surface area contributed by atoms with Gasteiger partial charge in [-0.05, 0) is 32.6 Å². The van der Waals surface area contributed by atoms with E-state index < -0.39 is 0 Å². The fraction of sp³-hybridized carbons (Fsp3) is 0.667. The van der Waals surface area contributed by atoms with Crippen molar-refractivity contribution in [2.75, 3.05) is 11.9 Å². The summed E-state index contributed by atoms with van der Waals surface area (Å²) in [6, 6.07) is 0. The molecule has 0 amide bonds. The number of rotatable bonds is 6. The van der Waals surface area contributed by atoms with E-state index in [0.717, 1.165) is 12.4 Å². The lowest BCUT2D eigenvalue weighted by molar-refractivity contribution is 0.232. The van der Waals surface area contributed by atoms with E-state index in [2.05, 4.69) is 15.3 Å². The lowest BCUT2D eigenvalue weighted by Crippen LogP contribution is -2.17. The van der Waals surface area contributed by atoms with Crippen molar-refractivity contribution in [1.29, 1.82) is 0 Å². The highest BCUT2D eigenvalue weighted by molar-refractivity contribution is 6.21. The van der Waals surface area contributed by atoms with Gasteiger partial charge in [0.1, 0.15) is 5.82 Å². The van der Waals surface area contributed by atoms with Crippen molar-refractivity contribution in [1.82, 2.24) is 9.97 Å². The van der Waals surface area contributed by atoms with Crippen LogP contribution in [0.3, 0.4) is 0 Å². The van der Waals surface area contributed by atoms with Crippen molar-refractivity contribution >= 4 is 17.4 Å². The number of nitrogens with zero attached hydrogens (tertiary/aromatic N) is 2. The standard InChI is InChI=1S/C12H18ClN3O/c1-8(2)17-12-7-14-6-11(16-12)15-5-10(13)9-3-4-9/h6-10H,3-5H2,1-2H3,(H,15,16). The minimum absolute atomic E-state index is 0.104. The molecule has 0 saturated heterocycles. The number of halogens is 1. The molecule has 1 aliphatic carbocycles. The molecule has 2 rings (SSSR count). The monoisotopic (exact) mass is 255 g/mol. The Balaban J connectivity index is 1.86. The fourth-order valence-corrected chi connectivity index (χ4v) is 1.89. The molecule has 0 radical (unpaired) electrons. The van der Waals surface area contributed by atoms with Crippen LogP contribution in [0.2, 0.25) is 0 Å². The van der Waals surface area contributed by atoms with Gasteiger partial charge in [-0.2, -0.15) is 4.98 Å². The van der Waals surface area contributed by atoms with Gasteiger partial charge in [-0.3, -0.25) is 4.98 Å². The van der Waals surface area contributed by atoms with Crippen LogP contribution in [0.25, 0.3) is 0 Å². The van der Waals surface area contributed by atoms with Crippen molar-refractivity contribution in [2.45, 2.75) is 38.2 Å². The fourth-order valence-electron chi connectivity index (χ4n) is 1.56. The molecule has 1 aromatic rings. The number of alkyl halides is 1. The van der Waals surface area contributed by atoms with Crippen LogP contribution in [0.5, 0.6) is 5.88 Å². The van der Waals surface area contributed by atoms with Gasteiger partial charge in [0.05, 0.1) is 23.9 Å². The molecule has 4 nitrogen and oxygen atoms in total. The first-order valence-electron chi connectivity index (χ1n) is 6.02. The molecular weight excluding hydrogens is 238 g/mol. The Labute approximate surface area is 107 Å². The molecular formula is C12H18ClN3O. The van der Waals surface area contributed by atoms with Crippen molar-refractivity contribution in [3.05, 3.63) is 12.4 Å². The van der Waals surface area contributed by atoms with Crippen LogP contribution in [0, 0.1) is 5.92 Å². The normalized spacial score (nSPS) is 16.9. The molecule has 1 aromatic heterocycles. The van der Waals surface area contributed by atoms with Gasteiger partial charge in [-0.25, -0.2) is 0 Å². The summed E-state index contributed by atoms with van der Waals surface area (Å²) in [6.07, 6.45) is 5.90. The number of nitrogens with one attached hydrogen (secondary N) is 1. The van der Waals surface area contributed by atoms with Gasteiger partial charge in [0.15, 0.2) is 0 Å². The molecule has 0 bridgehead atoms. The Hall–Kier alpha value is -1.03. The highest BCUT2D eigenvalue weighted by Gasteiger charge is 2.29. The van der Waals surface area contributed by atoms with Gasteiger partial charge in [0.2, 0.25) is 5.88 Å². The second kappa shape index (κ2) is 5.54. The van der Waals surface area contributed by atoms with Crippen molar-refractivity contribution < 1.29 is 4.74 Å². The summed E-state index contributed by atoms with van der Waals surface area (Å²) >= 11 is 6.21. The average Bonchev–Trinajstić information content (AvgIpc) is 3.09. The maximum atomic E-state index is 6.21. The first-order valence-corrected chi connectivity index (χ1v) is 6.45. The van der Waals surface area contributed by atoms with Crippen LogP contribution in [0.15, 0.2) is 12.4 Å². The Morgan fingerprint density at radius 2 is 2.24 bits per heavy atom. The summed E-state index contributed by atoms with van der Waals surface area (Å²) in [7, 11) is 0. The Morgan fingerprint density at radius 1 is 1.47 bits per heavy atom. The maximum absolute atomic E-state index is 6.21. The summed E-state index contributed by atoms with van der Waals surface area (Å²) in [5, 5.41) is 3.38. The predicted molar refractivity (Wildman–Crippen MR) is 68.7 cm³/mol. The Morgan fingerprint density at radius 3 is 2.88 bits per heavy atom. The zero-order valence-corrected chi connectivity index (χ0v) is 10.9. The van der Waals surface area contributed by atoms with E-state index in [-0.39, 0.29) is 11.5 Å². The third-order valence-electron chi connectivity index (χ3n) is 2.58. The second-order valence-electron chi connectivity index (χ2n) is 4.64. The molecule has 1 saturated carbocycles. The first kappa shape index (κ1) is 12.4. The highest BCUT2D eigenvalue weighted by atomic mass is 35.5. The van der Waals surface area contributed by atoms with Gasteiger partial charge in [-0.15, -0.1) is 11.6 Å². The molecule has 94 valence electrons. The largest absolute Gasteiger partial charge is 0.474 e. The number of hydrogen-bond acceptors (Lipinski definition) is 4. The van der Waals surface area contributed by atoms with Crippen LogP contribution in [-0.2, 0) is 0 Å². The number of aromatic nitrogens is 2. The van der Waals surface area contributed by atoms with Gasteiger partial charge < -0.3 is 10.1 Å². The Bertz CT molecular complexity index is 369.